The zero-order valence-electron chi connectivity index (χ0n) is 12.8. The van der Waals surface area contributed by atoms with E-state index in [0.717, 1.165) is 19.3 Å². The van der Waals surface area contributed by atoms with Gasteiger partial charge in [0.2, 0.25) is 0 Å². The number of hydrogen-bond donors (Lipinski definition) is 0. The van der Waals surface area contributed by atoms with Crippen molar-refractivity contribution in [3.63, 3.8) is 0 Å². The van der Waals surface area contributed by atoms with Gasteiger partial charge in [-0.2, -0.15) is 0 Å². The number of likely N-dealkylation sites (tertiary alicyclic amines) is 1. The Morgan fingerprint density at radius 2 is 2.10 bits per heavy atom. The molecule has 20 heavy (non-hydrogen) atoms. The van der Waals surface area contributed by atoms with Crippen molar-refractivity contribution in [2.24, 2.45) is 5.92 Å². The number of nitrogens with zero attached hydrogens (tertiary/aromatic N) is 1. The Labute approximate surface area is 120 Å². The quantitative estimate of drug-likeness (QED) is 0.582. The number of piperidine rings is 1. The summed E-state index contributed by atoms with van der Waals surface area (Å²) in [6, 6.07) is 0.320. The van der Waals surface area contributed by atoms with E-state index in [2.05, 4.69) is 4.90 Å². The normalized spacial score (nSPS) is 40.1. The number of hydrogen-bond acceptors (Lipinski definition) is 5. The second-order valence-electron chi connectivity index (χ2n) is 7.00. The van der Waals surface area contributed by atoms with E-state index in [9.17, 15) is 4.79 Å². The molecule has 0 spiro atoms. The van der Waals surface area contributed by atoms with Gasteiger partial charge in [0.05, 0.1) is 12.2 Å². The molecule has 5 atom stereocenters. The van der Waals surface area contributed by atoms with Crippen molar-refractivity contribution in [1.29, 1.82) is 0 Å². The van der Waals surface area contributed by atoms with Crippen LogP contribution in [0.4, 0.5) is 0 Å². The Morgan fingerprint density at radius 3 is 2.75 bits per heavy atom. The second kappa shape index (κ2) is 4.97. The molecular weight excluding hydrogens is 258 g/mol. The number of rotatable bonds is 4. The highest BCUT2D eigenvalue weighted by atomic mass is 16.8. The molecule has 0 aromatic rings. The monoisotopic (exact) mass is 283 g/mol. The van der Waals surface area contributed by atoms with Crippen LogP contribution in [-0.4, -0.2) is 47.7 Å². The molecule has 0 amide bonds. The van der Waals surface area contributed by atoms with Gasteiger partial charge < -0.3 is 14.2 Å². The highest BCUT2D eigenvalue weighted by molar-refractivity contribution is 5.77. The second-order valence-corrected chi connectivity index (χ2v) is 7.00. The van der Waals surface area contributed by atoms with E-state index in [0.29, 0.717) is 18.6 Å². The van der Waals surface area contributed by atoms with Crippen molar-refractivity contribution in [1.82, 2.24) is 4.90 Å². The minimum Gasteiger partial charge on any atom is -0.465 e. The molecule has 2 unspecified atom stereocenters. The van der Waals surface area contributed by atoms with Crippen molar-refractivity contribution in [2.45, 2.75) is 77.2 Å². The first-order chi connectivity index (χ1) is 9.40. The van der Waals surface area contributed by atoms with Crippen molar-refractivity contribution in [3.8, 4) is 0 Å². The lowest BCUT2D eigenvalue weighted by Crippen LogP contribution is -2.49. The first-order valence-corrected chi connectivity index (χ1v) is 7.68. The maximum atomic E-state index is 12.2. The molecule has 0 aromatic carbocycles. The number of carbonyl (C=O) groups is 1. The van der Waals surface area contributed by atoms with Crippen molar-refractivity contribution in [3.05, 3.63) is 0 Å². The number of esters is 1. The molecule has 5 nitrogen and oxygen atoms in total. The summed E-state index contributed by atoms with van der Waals surface area (Å²) in [6.45, 7) is 8.35. The van der Waals surface area contributed by atoms with E-state index in [1.54, 1.807) is 0 Å². The predicted octanol–water partition coefficient (Wildman–Crippen LogP) is 1.90. The topological polar surface area (TPSA) is 51.3 Å². The van der Waals surface area contributed by atoms with Crippen LogP contribution in [0.5, 0.6) is 0 Å². The van der Waals surface area contributed by atoms with Crippen molar-refractivity contribution < 1.29 is 19.0 Å². The molecule has 0 N–H and O–H groups in total. The number of carbonyl (C=O) groups excluding carboxylic acids is 1. The molecule has 1 saturated carbocycles. The van der Waals surface area contributed by atoms with Crippen LogP contribution in [0.25, 0.3) is 0 Å². The third-order valence-corrected chi connectivity index (χ3v) is 4.36. The number of fused-ring (bicyclic) bond motifs is 2. The molecule has 2 bridgehead atoms. The van der Waals surface area contributed by atoms with Crippen LogP contribution in [0.3, 0.4) is 0 Å². The first-order valence-electron chi connectivity index (χ1n) is 7.68. The standard InChI is InChI=1S/C15H25NO4/c1-5-18-13(17)11-9-6-7-10(8-9)16(11)12-14(19-12)20-15(2,3)4/h9-12,14H,5-8H2,1-4H3/t9-,10+,11-,12?,14?/m0/s1. The van der Waals surface area contributed by atoms with Crippen molar-refractivity contribution in [2.75, 3.05) is 6.61 Å². The summed E-state index contributed by atoms with van der Waals surface area (Å²) >= 11 is 0. The molecule has 3 fully saturated rings. The Morgan fingerprint density at radius 1 is 1.35 bits per heavy atom. The Kier molecular flexibility index (Phi) is 3.55. The van der Waals surface area contributed by atoms with Gasteiger partial charge in [0.1, 0.15) is 6.04 Å². The zero-order valence-corrected chi connectivity index (χ0v) is 12.8. The first kappa shape index (κ1) is 14.3. The van der Waals surface area contributed by atoms with E-state index >= 15 is 0 Å². The summed E-state index contributed by atoms with van der Waals surface area (Å²) in [7, 11) is 0. The van der Waals surface area contributed by atoms with Gasteiger partial charge in [0, 0.05) is 6.04 Å². The van der Waals surface area contributed by atoms with Crippen LogP contribution in [-0.2, 0) is 19.0 Å². The van der Waals surface area contributed by atoms with Crippen LogP contribution in [0.15, 0.2) is 0 Å². The molecule has 1 aliphatic carbocycles. The van der Waals surface area contributed by atoms with Gasteiger partial charge in [-0.25, -0.2) is 0 Å². The maximum Gasteiger partial charge on any atom is 0.323 e. The van der Waals surface area contributed by atoms with Gasteiger partial charge in [0.15, 0.2) is 12.5 Å². The fraction of sp³-hybridized carbons (Fsp3) is 0.933. The van der Waals surface area contributed by atoms with Gasteiger partial charge in [-0.15, -0.1) is 0 Å². The summed E-state index contributed by atoms with van der Waals surface area (Å²) < 4.78 is 16.8. The predicted molar refractivity (Wildman–Crippen MR) is 72.9 cm³/mol. The SMILES string of the molecule is CCOC(=O)[C@@H]1[C@H]2CC[C@H](C2)N1C1OC1OC(C)(C)C. The molecule has 2 heterocycles. The van der Waals surface area contributed by atoms with Gasteiger partial charge in [-0.05, 0) is 52.9 Å². The number of ether oxygens (including phenoxy) is 3. The Balaban J connectivity index is 1.67. The van der Waals surface area contributed by atoms with Gasteiger partial charge in [-0.3, -0.25) is 9.69 Å². The van der Waals surface area contributed by atoms with E-state index in [1.165, 1.54) is 0 Å². The molecule has 0 aromatic heterocycles. The molecule has 2 aliphatic heterocycles. The fourth-order valence-electron chi connectivity index (χ4n) is 3.66. The van der Waals surface area contributed by atoms with Crippen LogP contribution >= 0.6 is 0 Å². The molecule has 3 aliphatic rings. The van der Waals surface area contributed by atoms with E-state index in [4.69, 9.17) is 14.2 Å². The fourth-order valence-corrected chi connectivity index (χ4v) is 3.66. The van der Waals surface area contributed by atoms with Crippen molar-refractivity contribution >= 4 is 5.97 Å². The maximum absolute atomic E-state index is 12.2. The third-order valence-electron chi connectivity index (χ3n) is 4.36. The van der Waals surface area contributed by atoms with Crippen LogP contribution in [0.1, 0.15) is 47.0 Å². The summed E-state index contributed by atoms with van der Waals surface area (Å²) in [4.78, 5) is 14.4. The molecule has 114 valence electrons. The van der Waals surface area contributed by atoms with Crippen LogP contribution in [0, 0.1) is 5.92 Å². The van der Waals surface area contributed by atoms with Crippen LogP contribution in [0.2, 0.25) is 0 Å². The molecule has 5 heteroatoms. The molecule has 3 rings (SSSR count). The summed E-state index contributed by atoms with van der Waals surface area (Å²) in [5.74, 6) is 0.336. The van der Waals surface area contributed by atoms with E-state index < -0.39 is 0 Å². The van der Waals surface area contributed by atoms with E-state index in [-0.39, 0.29) is 30.1 Å². The van der Waals surface area contributed by atoms with Crippen LogP contribution < -0.4 is 0 Å². The third kappa shape index (κ3) is 2.59. The highest BCUT2D eigenvalue weighted by Crippen LogP contribution is 2.48. The van der Waals surface area contributed by atoms with Gasteiger partial charge in [-0.1, -0.05) is 0 Å². The Bertz CT molecular complexity index is 392. The van der Waals surface area contributed by atoms with E-state index in [1.807, 2.05) is 27.7 Å². The lowest BCUT2D eigenvalue weighted by Gasteiger charge is -2.32. The average Bonchev–Trinajstić information content (AvgIpc) is 2.81. The minimum absolute atomic E-state index is 0.0704. The largest absolute Gasteiger partial charge is 0.465 e. The lowest BCUT2D eigenvalue weighted by atomic mass is 9.99. The lowest BCUT2D eigenvalue weighted by molar-refractivity contribution is -0.152. The van der Waals surface area contributed by atoms with Gasteiger partial charge in [0.25, 0.3) is 0 Å². The highest BCUT2D eigenvalue weighted by Gasteiger charge is 2.60. The zero-order chi connectivity index (χ0) is 14.5. The number of epoxide rings is 1. The average molecular weight is 283 g/mol. The minimum atomic E-state index is -0.225. The van der Waals surface area contributed by atoms with Gasteiger partial charge >= 0.3 is 5.97 Å². The summed E-state index contributed by atoms with van der Waals surface area (Å²) in [5, 5.41) is 0. The molecular formula is C15H25NO4. The Hall–Kier alpha value is -0.650. The summed E-state index contributed by atoms with van der Waals surface area (Å²) in [6.07, 6.45) is 3.10. The summed E-state index contributed by atoms with van der Waals surface area (Å²) in [5.41, 5.74) is -0.225. The smallest absolute Gasteiger partial charge is 0.323 e. The molecule has 2 saturated heterocycles. The molecule has 0 radical (unpaired) electrons.